The minimum absolute atomic E-state index is 0.0138. The Labute approximate surface area is 145 Å². The maximum absolute atomic E-state index is 13.8. The number of amides is 1. The van der Waals surface area contributed by atoms with Crippen LogP contribution in [0.4, 0.5) is 10.3 Å². The van der Waals surface area contributed by atoms with Crippen molar-refractivity contribution < 1.29 is 9.18 Å². The highest BCUT2D eigenvalue weighted by atomic mass is 19.1. The lowest BCUT2D eigenvalue weighted by molar-refractivity contribution is -0.128. The number of aromatic nitrogens is 3. The van der Waals surface area contributed by atoms with Gasteiger partial charge < -0.3 is 10.2 Å². The minimum atomic E-state index is -0.483. The summed E-state index contributed by atoms with van der Waals surface area (Å²) in [7, 11) is 0. The number of nitrogens with zero attached hydrogens (tertiary/aromatic N) is 4. The van der Waals surface area contributed by atoms with E-state index in [0.29, 0.717) is 17.1 Å². The first kappa shape index (κ1) is 15.8. The third-order valence-electron chi connectivity index (χ3n) is 4.83. The van der Waals surface area contributed by atoms with E-state index in [-0.39, 0.29) is 11.7 Å². The second kappa shape index (κ2) is 6.31. The molecule has 2 aliphatic rings. The standard InChI is InChI=1S/C18H20FN5O/c1-12-15(17(25)23-8-3-2-4-9-23)16(13-6-5-7-14(19)10-13)24-18(22-12)20-11-21-24/h5-7,10-11,16H,2-4,8-9H2,1H3,(H,20,21,22)/t16-/m1/s1. The molecule has 1 amide bonds. The molecule has 1 fully saturated rings. The van der Waals surface area contributed by atoms with E-state index in [4.69, 9.17) is 0 Å². The summed E-state index contributed by atoms with van der Waals surface area (Å²) in [5, 5.41) is 7.42. The summed E-state index contributed by atoms with van der Waals surface area (Å²) in [4.78, 5) is 19.3. The van der Waals surface area contributed by atoms with Gasteiger partial charge in [-0.1, -0.05) is 12.1 Å². The van der Waals surface area contributed by atoms with Crippen molar-refractivity contribution in [2.24, 2.45) is 0 Å². The molecule has 0 bridgehead atoms. The summed E-state index contributed by atoms with van der Waals surface area (Å²) < 4.78 is 15.5. The number of nitrogens with one attached hydrogen (secondary N) is 1. The summed E-state index contributed by atoms with van der Waals surface area (Å²) in [6, 6.07) is 5.85. The zero-order chi connectivity index (χ0) is 17.4. The molecule has 130 valence electrons. The number of halogens is 1. The molecule has 4 rings (SSSR count). The summed E-state index contributed by atoms with van der Waals surface area (Å²) in [5.41, 5.74) is 2.03. The fraction of sp³-hybridized carbons (Fsp3) is 0.389. The number of hydrogen-bond acceptors (Lipinski definition) is 4. The molecule has 0 radical (unpaired) electrons. The van der Waals surface area contributed by atoms with Crippen LogP contribution in [0.1, 0.15) is 37.8 Å². The molecule has 0 spiro atoms. The second-order valence-corrected chi connectivity index (χ2v) is 6.50. The highest BCUT2D eigenvalue weighted by Crippen LogP contribution is 2.36. The number of rotatable bonds is 2. The Morgan fingerprint density at radius 3 is 2.84 bits per heavy atom. The van der Waals surface area contributed by atoms with Gasteiger partial charge in [0.2, 0.25) is 5.95 Å². The number of carbonyl (C=O) groups is 1. The molecule has 7 heteroatoms. The predicted octanol–water partition coefficient (Wildman–Crippen LogP) is 2.72. The Kier molecular flexibility index (Phi) is 3.99. The maximum Gasteiger partial charge on any atom is 0.254 e. The number of fused-ring (bicyclic) bond motifs is 1. The van der Waals surface area contributed by atoms with Crippen LogP contribution < -0.4 is 5.32 Å². The molecular weight excluding hydrogens is 321 g/mol. The Morgan fingerprint density at radius 2 is 2.08 bits per heavy atom. The lowest BCUT2D eigenvalue weighted by atomic mass is 9.94. The number of piperidine rings is 1. The number of allylic oxidation sites excluding steroid dienone is 1. The van der Waals surface area contributed by atoms with Crippen LogP contribution in [0.2, 0.25) is 0 Å². The van der Waals surface area contributed by atoms with E-state index in [1.54, 1.807) is 10.7 Å². The summed E-state index contributed by atoms with van der Waals surface area (Å²) in [6.07, 6.45) is 4.63. The van der Waals surface area contributed by atoms with Gasteiger partial charge in [-0.25, -0.2) is 9.07 Å². The van der Waals surface area contributed by atoms with E-state index in [1.807, 2.05) is 17.9 Å². The second-order valence-electron chi connectivity index (χ2n) is 6.50. The molecule has 2 aliphatic heterocycles. The molecule has 1 aromatic heterocycles. The van der Waals surface area contributed by atoms with Crippen LogP contribution in [0.3, 0.4) is 0 Å². The third kappa shape index (κ3) is 2.79. The molecular formula is C18H20FN5O. The first-order valence-corrected chi connectivity index (χ1v) is 8.57. The van der Waals surface area contributed by atoms with Crippen LogP contribution in [0.5, 0.6) is 0 Å². The van der Waals surface area contributed by atoms with Gasteiger partial charge >= 0.3 is 0 Å². The maximum atomic E-state index is 13.8. The normalized spacial score (nSPS) is 20.2. The molecule has 1 N–H and O–H groups in total. The highest BCUT2D eigenvalue weighted by Gasteiger charge is 2.35. The SMILES string of the molecule is CC1=C(C(=O)N2CCCCC2)[C@@H](c2cccc(F)c2)n2ncnc2N1. The van der Waals surface area contributed by atoms with Gasteiger partial charge in [0.05, 0.1) is 5.57 Å². The topological polar surface area (TPSA) is 63.1 Å². The zero-order valence-corrected chi connectivity index (χ0v) is 14.1. The fourth-order valence-electron chi connectivity index (χ4n) is 3.62. The van der Waals surface area contributed by atoms with Crippen LogP contribution in [-0.4, -0.2) is 38.7 Å². The smallest absolute Gasteiger partial charge is 0.254 e. The van der Waals surface area contributed by atoms with Crippen molar-refractivity contribution in [2.75, 3.05) is 18.4 Å². The summed E-state index contributed by atoms with van der Waals surface area (Å²) in [5.74, 6) is 0.210. The molecule has 0 unspecified atom stereocenters. The Morgan fingerprint density at radius 1 is 1.28 bits per heavy atom. The van der Waals surface area contributed by atoms with E-state index in [0.717, 1.165) is 38.0 Å². The van der Waals surface area contributed by atoms with E-state index >= 15 is 0 Å². The third-order valence-corrected chi connectivity index (χ3v) is 4.83. The van der Waals surface area contributed by atoms with Crippen molar-refractivity contribution >= 4 is 11.9 Å². The lowest BCUT2D eigenvalue weighted by Crippen LogP contribution is -2.41. The monoisotopic (exact) mass is 341 g/mol. The van der Waals surface area contributed by atoms with Crippen molar-refractivity contribution in [3.63, 3.8) is 0 Å². The quantitative estimate of drug-likeness (QED) is 0.912. The van der Waals surface area contributed by atoms with Crippen molar-refractivity contribution in [2.45, 2.75) is 32.2 Å². The highest BCUT2D eigenvalue weighted by molar-refractivity contribution is 5.96. The number of likely N-dealkylation sites (tertiary alicyclic amines) is 1. The van der Waals surface area contributed by atoms with Gasteiger partial charge in [-0.05, 0) is 43.9 Å². The number of benzene rings is 1. The summed E-state index contributed by atoms with van der Waals surface area (Å²) in [6.45, 7) is 3.38. The van der Waals surface area contributed by atoms with Gasteiger partial charge in [0.1, 0.15) is 18.2 Å². The molecule has 3 heterocycles. The number of hydrogen-bond donors (Lipinski definition) is 1. The van der Waals surface area contributed by atoms with Crippen LogP contribution in [0.25, 0.3) is 0 Å². The molecule has 6 nitrogen and oxygen atoms in total. The first-order valence-electron chi connectivity index (χ1n) is 8.57. The molecule has 2 aromatic rings. The zero-order valence-electron chi connectivity index (χ0n) is 14.1. The van der Waals surface area contributed by atoms with Crippen molar-refractivity contribution in [3.05, 3.63) is 53.2 Å². The minimum Gasteiger partial charge on any atom is -0.339 e. The van der Waals surface area contributed by atoms with E-state index in [9.17, 15) is 9.18 Å². The van der Waals surface area contributed by atoms with Crippen LogP contribution in [0.15, 0.2) is 41.9 Å². The van der Waals surface area contributed by atoms with Crippen LogP contribution in [-0.2, 0) is 4.79 Å². The summed E-state index contributed by atoms with van der Waals surface area (Å²) >= 11 is 0. The van der Waals surface area contributed by atoms with Gasteiger partial charge in [-0.15, -0.1) is 0 Å². The van der Waals surface area contributed by atoms with E-state index < -0.39 is 6.04 Å². The molecule has 1 atom stereocenters. The van der Waals surface area contributed by atoms with E-state index in [1.165, 1.54) is 18.5 Å². The predicted molar refractivity (Wildman–Crippen MR) is 91.3 cm³/mol. The molecule has 1 saturated heterocycles. The molecule has 25 heavy (non-hydrogen) atoms. The van der Waals surface area contributed by atoms with Gasteiger partial charge in [0.25, 0.3) is 5.91 Å². The van der Waals surface area contributed by atoms with Gasteiger partial charge in [-0.3, -0.25) is 4.79 Å². The average Bonchev–Trinajstić information content (AvgIpc) is 3.08. The first-order chi connectivity index (χ1) is 12.1. The fourth-order valence-corrected chi connectivity index (χ4v) is 3.62. The van der Waals surface area contributed by atoms with Gasteiger partial charge in [0, 0.05) is 18.8 Å². The van der Waals surface area contributed by atoms with Crippen LogP contribution >= 0.6 is 0 Å². The molecule has 0 saturated carbocycles. The molecule has 0 aliphatic carbocycles. The number of anilines is 1. The van der Waals surface area contributed by atoms with Gasteiger partial charge in [-0.2, -0.15) is 10.1 Å². The Hall–Kier alpha value is -2.70. The van der Waals surface area contributed by atoms with Crippen LogP contribution in [0, 0.1) is 5.82 Å². The average molecular weight is 341 g/mol. The van der Waals surface area contributed by atoms with E-state index in [2.05, 4.69) is 15.4 Å². The lowest BCUT2D eigenvalue weighted by Gasteiger charge is -2.34. The Balaban J connectivity index is 1.80. The van der Waals surface area contributed by atoms with Crippen molar-refractivity contribution in [3.8, 4) is 0 Å². The number of carbonyl (C=O) groups excluding carboxylic acids is 1. The Bertz CT molecular complexity index is 837. The van der Waals surface area contributed by atoms with Gasteiger partial charge in [0.15, 0.2) is 0 Å². The van der Waals surface area contributed by atoms with Crippen molar-refractivity contribution in [1.29, 1.82) is 0 Å². The molecule has 1 aromatic carbocycles. The van der Waals surface area contributed by atoms with Crippen molar-refractivity contribution in [1.82, 2.24) is 19.7 Å². The largest absolute Gasteiger partial charge is 0.339 e.